The molecule has 0 radical (unpaired) electrons. The van der Waals surface area contributed by atoms with E-state index in [4.69, 9.17) is 11.6 Å². The average molecular weight is 320 g/mol. The predicted octanol–water partition coefficient (Wildman–Crippen LogP) is 5.46. The molecule has 0 atom stereocenters. The summed E-state index contributed by atoms with van der Waals surface area (Å²) in [7, 11) is 0. The lowest BCUT2D eigenvalue weighted by Crippen LogP contribution is -2.28. The normalized spacial score (nSPS) is 18.3. The van der Waals surface area contributed by atoms with E-state index < -0.39 is 11.7 Å². The van der Waals surface area contributed by atoms with Gasteiger partial charge in [-0.15, -0.1) is 11.6 Å². The first kappa shape index (κ1) is 16.5. The number of anilines is 1. The molecular formula is C16H21ClF3N. The van der Waals surface area contributed by atoms with Crippen molar-refractivity contribution in [1.82, 2.24) is 0 Å². The third kappa shape index (κ3) is 3.31. The summed E-state index contributed by atoms with van der Waals surface area (Å²) in [5.41, 5.74) is 0.376. The highest BCUT2D eigenvalue weighted by molar-refractivity contribution is 6.17. The van der Waals surface area contributed by atoms with Crippen molar-refractivity contribution in [2.75, 3.05) is 18.0 Å². The maximum absolute atomic E-state index is 13.3. The molecule has 5 heteroatoms. The van der Waals surface area contributed by atoms with Crippen LogP contribution in [-0.2, 0) is 12.1 Å². The highest BCUT2D eigenvalue weighted by Gasteiger charge is 2.40. The minimum Gasteiger partial charge on any atom is -0.370 e. The maximum atomic E-state index is 13.3. The fourth-order valence-electron chi connectivity index (χ4n) is 3.14. The van der Waals surface area contributed by atoms with Crippen molar-refractivity contribution in [2.24, 2.45) is 5.41 Å². The molecule has 0 amide bonds. The zero-order valence-corrected chi connectivity index (χ0v) is 13.2. The Morgan fingerprint density at radius 3 is 2.38 bits per heavy atom. The van der Waals surface area contributed by atoms with Gasteiger partial charge in [0.1, 0.15) is 0 Å². The molecule has 1 aliphatic rings. The van der Waals surface area contributed by atoms with Crippen LogP contribution in [0.2, 0.25) is 0 Å². The van der Waals surface area contributed by atoms with Crippen molar-refractivity contribution in [3.63, 3.8) is 0 Å². The summed E-state index contributed by atoms with van der Waals surface area (Å²) in [6.07, 6.45) is -1.39. The summed E-state index contributed by atoms with van der Waals surface area (Å²) in [5.74, 6) is 0.0945. The summed E-state index contributed by atoms with van der Waals surface area (Å²) >= 11 is 5.67. The highest BCUT2D eigenvalue weighted by atomic mass is 35.5. The van der Waals surface area contributed by atoms with Crippen molar-refractivity contribution >= 4 is 17.3 Å². The molecule has 2 rings (SSSR count). The molecule has 118 valence electrons. The third-order valence-corrected chi connectivity index (χ3v) is 5.11. The molecule has 1 fully saturated rings. The molecule has 0 N–H and O–H groups in total. The van der Waals surface area contributed by atoms with Gasteiger partial charge >= 0.3 is 6.18 Å². The van der Waals surface area contributed by atoms with E-state index in [0.29, 0.717) is 24.3 Å². The molecule has 1 aliphatic heterocycles. The molecule has 0 aliphatic carbocycles. The Hall–Kier alpha value is -0.900. The van der Waals surface area contributed by atoms with E-state index in [1.165, 1.54) is 6.07 Å². The Morgan fingerprint density at radius 1 is 1.24 bits per heavy atom. The second-order valence-electron chi connectivity index (χ2n) is 5.86. The molecule has 21 heavy (non-hydrogen) atoms. The zero-order valence-electron chi connectivity index (χ0n) is 12.4. The first-order valence-corrected chi connectivity index (χ1v) is 7.89. The Balaban J connectivity index is 2.37. The molecule has 0 saturated carbocycles. The number of rotatable bonds is 4. The first-order chi connectivity index (χ1) is 9.85. The quantitative estimate of drug-likeness (QED) is 0.666. The second kappa shape index (κ2) is 6.07. The Kier molecular flexibility index (Phi) is 4.76. The van der Waals surface area contributed by atoms with E-state index in [9.17, 15) is 13.2 Å². The van der Waals surface area contributed by atoms with E-state index in [1.807, 2.05) is 4.90 Å². The summed E-state index contributed by atoms with van der Waals surface area (Å²) in [4.78, 5) is 1.88. The van der Waals surface area contributed by atoms with Gasteiger partial charge in [0, 0.05) is 24.7 Å². The monoisotopic (exact) mass is 319 g/mol. The fourth-order valence-corrected chi connectivity index (χ4v) is 3.30. The van der Waals surface area contributed by atoms with Crippen LogP contribution in [0.1, 0.15) is 44.2 Å². The van der Waals surface area contributed by atoms with Gasteiger partial charge in [0.2, 0.25) is 0 Å². The van der Waals surface area contributed by atoms with E-state index in [-0.39, 0.29) is 11.3 Å². The summed E-state index contributed by atoms with van der Waals surface area (Å²) in [6.45, 7) is 5.62. The predicted molar refractivity (Wildman–Crippen MR) is 80.8 cm³/mol. The highest BCUT2D eigenvalue weighted by Crippen LogP contribution is 2.43. The Labute approximate surface area is 129 Å². The molecule has 1 aromatic carbocycles. The average Bonchev–Trinajstić information content (AvgIpc) is 2.90. The summed E-state index contributed by atoms with van der Waals surface area (Å²) < 4.78 is 39.9. The Bertz CT molecular complexity index is 495. The van der Waals surface area contributed by atoms with Gasteiger partial charge in [0.15, 0.2) is 0 Å². The molecule has 1 heterocycles. The lowest BCUT2D eigenvalue weighted by molar-refractivity contribution is -0.137. The van der Waals surface area contributed by atoms with E-state index in [0.717, 1.165) is 19.3 Å². The van der Waals surface area contributed by atoms with Crippen molar-refractivity contribution < 1.29 is 13.2 Å². The van der Waals surface area contributed by atoms with E-state index >= 15 is 0 Å². The number of benzene rings is 1. The lowest BCUT2D eigenvalue weighted by Gasteiger charge is -2.28. The molecule has 1 saturated heterocycles. The molecule has 0 aromatic heterocycles. The van der Waals surface area contributed by atoms with Gasteiger partial charge in [-0.1, -0.05) is 19.9 Å². The largest absolute Gasteiger partial charge is 0.418 e. The van der Waals surface area contributed by atoms with Crippen LogP contribution in [-0.4, -0.2) is 13.1 Å². The van der Waals surface area contributed by atoms with Crippen LogP contribution in [0.25, 0.3) is 0 Å². The van der Waals surface area contributed by atoms with Gasteiger partial charge in [0.25, 0.3) is 0 Å². The van der Waals surface area contributed by atoms with Crippen molar-refractivity contribution in [3.8, 4) is 0 Å². The first-order valence-electron chi connectivity index (χ1n) is 7.36. The summed E-state index contributed by atoms with van der Waals surface area (Å²) in [5, 5.41) is 0. The smallest absolute Gasteiger partial charge is 0.370 e. The standard InChI is InChI=1S/C16H21ClF3N/c1-3-15(4-2)7-8-21(11-15)14-6-5-12(10-17)9-13(14)16(18,19)20/h5-6,9H,3-4,7-8,10-11H2,1-2H3. The van der Waals surface area contributed by atoms with Crippen LogP contribution in [0.3, 0.4) is 0 Å². The third-order valence-electron chi connectivity index (χ3n) is 4.80. The molecule has 1 aromatic rings. The van der Waals surface area contributed by atoms with Gasteiger partial charge in [0.05, 0.1) is 5.56 Å². The van der Waals surface area contributed by atoms with Crippen molar-refractivity contribution in [2.45, 2.75) is 45.2 Å². The minimum atomic E-state index is -4.35. The van der Waals surface area contributed by atoms with E-state index in [2.05, 4.69) is 13.8 Å². The van der Waals surface area contributed by atoms with Crippen LogP contribution in [0.15, 0.2) is 18.2 Å². The van der Waals surface area contributed by atoms with Crippen LogP contribution in [0.4, 0.5) is 18.9 Å². The maximum Gasteiger partial charge on any atom is 0.418 e. The molecule has 1 nitrogen and oxygen atoms in total. The van der Waals surface area contributed by atoms with Gasteiger partial charge in [-0.25, -0.2) is 0 Å². The molecular weight excluding hydrogens is 299 g/mol. The number of halogens is 4. The van der Waals surface area contributed by atoms with Gasteiger partial charge in [-0.3, -0.25) is 0 Å². The van der Waals surface area contributed by atoms with Gasteiger partial charge in [-0.2, -0.15) is 13.2 Å². The van der Waals surface area contributed by atoms with Gasteiger partial charge in [-0.05, 0) is 42.4 Å². The topological polar surface area (TPSA) is 3.24 Å². The van der Waals surface area contributed by atoms with E-state index in [1.54, 1.807) is 12.1 Å². The number of alkyl halides is 4. The van der Waals surface area contributed by atoms with Crippen molar-refractivity contribution in [1.29, 1.82) is 0 Å². The van der Waals surface area contributed by atoms with Crippen LogP contribution < -0.4 is 4.90 Å². The SMILES string of the molecule is CCC1(CC)CCN(c2ccc(CCl)cc2C(F)(F)F)C1. The van der Waals surface area contributed by atoms with Crippen LogP contribution in [0, 0.1) is 5.41 Å². The van der Waals surface area contributed by atoms with Gasteiger partial charge < -0.3 is 4.90 Å². The van der Waals surface area contributed by atoms with Crippen LogP contribution in [0.5, 0.6) is 0 Å². The number of nitrogens with zero attached hydrogens (tertiary/aromatic N) is 1. The Morgan fingerprint density at radius 2 is 1.90 bits per heavy atom. The fraction of sp³-hybridized carbons (Fsp3) is 0.625. The van der Waals surface area contributed by atoms with Crippen LogP contribution >= 0.6 is 11.6 Å². The molecule has 0 spiro atoms. The zero-order chi connectivity index (χ0) is 15.7. The minimum absolute atomic E-state index is 0.0945. The number of hydrogen-bond acceptors (Lipinski definition) is 1. The van der Waals surface area contributed by atoms with Crippen molar-refractivity contribution in [3.05, 3.63) is 29.3 Å². The second-order valence-corrected chi connectivity index (χ2v) is 6.13. The lowest BCUT2D eigenvalue weighted by atomic mass is 9.82. The summed E-state index contributed by atoms with van der Waals surface area (Å²) in [6, 6.07) is 4.44. The number of hydrogen-bond donors (Lipinski definition) is 0. The molecule has 0 unspecified atom stereocenters. The molecule has 0 bridgehead atoms.